The molecule has 2 heteroatoms. The lowest BCUT2D eigenvalue weighted by atomic mass is 10.0. The Morgan fingerprint density at radius 3 is 1.92 bits per heavy atom. The number of hydrogen-bond donors (Lipinski definition) is 0. The Bertz CT molecular complexity index is 624. The van der Waals surface area contributed by atoms with E-state index >= 15 is 0 Å². The first-order valence-electron chi connectivity index (χ1n) is 9.64. The van der Waals surface area contributed by atoms with Crippen LogP contribution < -0.4 is 4.74 Å². The van der Waals surface area contributed by atoms with Crippen molar-refractivity contribution in [2.75, 3.05) is 0 Å². The maximum Gasteiger partial charge on any atom is 0.119 e. The van der Waals surface area contributed by atoms with E-state index in [4.69, 9.17) is 4.74 Å². The number of thioether (sulfide) groups is 1. The molecule has 1 nitrogen and oxygen atoms in total. The van der Waals surface area contributed by atoms with Crippen LogP contribution in [0.25, 0.3) is 0 Å². The molecule has 1 saturated carbocycles. The van der Waals surface area contributed by atoms with E-state index in [0.29, 0.717) is 11.4 Å². The van der Waals surface area contributed by atoms with Gasteiger partial charge >= 0.3 is 0 Å². The molecule has 2 aromatic carbocycles. The van der Waals surface area contributed by atoms with Crippen molar-refractivity contribution in [3.8, 4) is 5.75 Å². The lowest BCUT2D eigenvalue weighted by Gasteiger charge is -2.13. The molecule has 0 aliphatic heterocycles. The topological polar surface area (TPSA) is 9.23 Å². The summed E-state index contributed by atoms with van der Waals surface area (Å²) in [5.74, 6) is 2.14. The van der Waals surface area contributed by atoms with Gasteiger partial charge in [-0.25, -0.2) is 0 Å². The summed E-state index contributed by atoms with van der Waals surface area (Å²) in [6.45, 7) is 4.51. The van der Waals surface area contributed by atoms with Gasteiger partial charge in [0, 0.05) is 5.75 Å². The smallest absolute Gasteiger partial charge is 0.119 e. The van der Waals surface area contributed by atoms with Crippen LogP contribution in [0.4, 0.5) is 0 Å². The first-order valence-corrected chi connectivity index (χ1v) is 10.7. The van der Waals surface area contributed by atoms with Gasteiger partial charge in [0.2, 0.25) is 0 Å². The van der Waals surface area contributed by atoms with Crippen molar-refractivity contribution in [3.63, 3.8) is 0 Å². The molecule has 1 aliphatic carbocycles. The van der Waals surface area contributed by atoms with Crippen molar-refractivity contribution in [2.24, 2.45) is 0 Å². The molecule has 1 fully saturated rings. The molecule has 0 N–H and O–H groups in total. The van der Waals surface area contributed by atoms with E-state index < -0.39 is 0 Å². The molecule has 0 radical (unpaired) electrons. The molecule has 0 heterocycles. The van der Waals surface area contributed by atoms with Gasteiger partial charge in [0.1, 0.15) is 5.75 Å². The first-order chi connectivity index (χ1) is 12.2. The van der Waals surface area contributed by atoms with Gasteiger partial charge < -0.3 is 4.74 Å². The molecule has 0 aromatic heterocycles. The van der Waals surface area contributed by atoms with Crippen molar-refractivity contribution in [1.29, 1.82) is 0 Å². The highest BCUT2D eigenvalue weighted by Gasteiger charge is 2.16. The lowest BCUT2D eigenvalue weighted by Crippen LogP contribution is -2.10. The second-order valence-corrected chi connectivity index (χ2v) is 8.91. The number of aryl methyl sites for hydroxylation is 2. The van der Waals surface area contributed by atoms with Crippen LogP contribution in [0.3, 0.4) is 0 Å². The highest BCUT2D eigenvalue weighted by Crippen LogP contribution is 2.24. The lowest BCUT2D eigenvalue weighted by molar-refractivity contribution is 0.210. The summed E-state index contributed by atoms with van der Waals surface area (Å²) in [6, 6.07) is 17.9. The van der Waals surface area contributed by atoms with Gasteiger partial charge in [-0.3, -0.25) is 0 Å². The summed E-state index contributed by atoms with van der Waals surface area (Å²) in [5.41, 5.74) is 4.23. The van der Waals surface area contributed by atoms with Crippen LogP contribution in [0.15, 0.2) is 48.5 Å². The van der Waals surface area contributed by atoms with E-state index in [1.165, 1.54) is 42.4 Å². The maximum atomic E-state index is 6.04. The zero-order valence-electron chi connectivity index (χ0n) is 15.5. The fraction of sp³-hybridized carbons (Fsp3) is 0.478. The Balaban J connectivity index is 1.46. The standard InChI is InChI=1S/C23H30OS/c1-18(2)25-17-21-11-9-19(10-12-21)7-8-20-13-15-23(16-14-20)24-22-5-3-4-6-22/h9-16,18,22H,3-8,17H2,1-2H3. The minimum Gasteiger partial charge on any atom is -0.490 e. The van der Waals surface area contributed by atoms with Crippen LogP contribution in [0, 0.1) is 0 Å². The molecule has 1 aliphatic rings. The highest BCUT2D eigenvalue weighted by atomic mass is 32.2. The third-order valence-electron chi connectivity index (χ3n) is 4.84. The molecule has 0 bridgehead atoms. The maximum absolute atomic E-state index is 6.04. The van der Waals surface area contributed by atoms with Gasteiger partial charge in [0.15, 0.2) is 0 Å². The Morgan fingerprint density at radius 1 is 0.840 bits per heavy atom. The number of benzene rings is 2. The van der Waals surface area contributed by atoms with Crippen LogP contribution in [0.5, 0.6) is 5.75 Å². The van der Waals surface area contributed by atoms with E-state index in [1.54, 1.807) is 0 Å². The second-order valence-electron chi connectivity index (χ2n) is 7.34. The number of hydrogen-bond acceptors (Lipinski definition) is 2. The molecule has 0 amide bonds. The van der Waals surface area contributed by atoms with Gasteiger partial charge in [-0.15, -0.1) is 0 Å². The molecule has 134 valence electrons. The minimum absolute atomic E-state index is 0.443. The van der Waals surface area contributed by atoms with E-state index in [2.05, 4.69) is 62.4 Å². The highest BCUT2D eigenvalue weighted by molar-refractivity contribution is 7.99. The molecule has 2 aromatic rings. The average molecular weight is 355 g/mol. The van der Waals surface area contributed by atoms with Gasteiger partial charge in [0.05, 0.1) is 6.10 Å². The van der Waals surface area contributed by atoms with Gasteiger partial charge in [-0.2, -0.15) is 11.8 Å². The van der Waals surface area contributed by atoms with E-state index in [0.717, 1.165) is 24.3 Å². The Kier molecular flexibility index (Phi) is 6.86. The average Bonchev–Trinajstić information content (AvgIpc) is 3.13. The quantitative estimate of drug-likeness (QED) is 0.540. The van der Waals surface area contributed by atoms with Crippen LogP contribution in [0.2, 0.25) is 0 Å². The van der Waals surface area contributed by atoms with Gasteiger partial charge in [0.25, 0.3) is 0 Å². The minimum atomic E-state index is 0.443. The van der Waals surface area contributed by atoms with Crippen LogP contribution in [-0.4, -0.2) is 11.4 Å². The summed E-state index contributed by atoms with van der Waals surface area (Å²) >= 11 is 2.00. The molecular formula is C23H30OS. The Hall–Kier alpha value is -1.41. The Morgan fingerprint density at radius 2 is 1.36 bits per heavy atom. The summed E-state index contributed by atoms with van der Waals surface area (Å²) in [7, 11) is 0. The van der Waals surface area contributed by atoms with Gasteiger partial charge in [-0.1, -0.05) is 50.2 Å². The summed E-state index contributed by atoms with van der Waals surface area (Å²) in [6.07, 6.45) is 7.69. The normalized spacial score (nSPS) is 15.0. The third-order valence-corrected chi connectivity index (χ3v) is 6.00. The SMILES string of the molecule is CC(C)SCc1ccc(CCc2ccc(OC3CCCC3)cc2)cc1. The number of ether oxygens (including phenoxy) is 1. The fourth-order valence-electron chi connectivity index (χ4n) is 3.29. The number of rotatable bonds is 8. The predicted molar refractivity (Wildman–Crippen MR) is 110 cm³/mol. The second kappa shape index (κ2) is 9.33. The first kappa shape index (κ1) is 18.4. The van der Waals surface area contributed by atoms with Crippen molar-refractivity contribution in [2.45, 2.75) is 69.5 Å². The van der Waals surface area contributed by atoms with E-state index in [-0.39, 0.29) is 0 Å². The van der Waals surface area contributed by atoms with Crippen molar-refractivity contribution in [1.82, 2.24) is 0 Å². The van der Waals surface area contributed by atoms with Crippen molar-refractivity contribution < 1.29 is 4.74 Å². The molecule has 3 rings (SSSR count). The summed E-state index contributed by atoms with van der Waals surface area (Å²) < 4.78 is 6.04. The predicted octanol–water partition coefficient (Wildman–Crippen LogP) is 6.43. The Labute approximate surface area is 157 Å². The van der Waals surface area contributed by atoms with E-state index in [9.17, 15) is 0 Å². The molecule has 0 unspecified atom stereocenters. The monoisotopic (exact) mass is 354 g/mol. The van der Waals surface area contributed by atoms with Crippen molar-refractivity contribution in [3.05, 3.63) is 65.2 Å². The molecular weight excluding hydrogens is 324 g/mol. The van der Waals surface area contributed by atoms with Crippen LogP contribution >= 0.6 is 11.8 Å². The zero-order chi connectivity index (χ0) is 17.5. The molecule has 25 heavy (non-hydrogen) atoms. The van der Waals surface area contributed by atoms with Crippen LogP contribution in [-0.2, 0) is 18.6 Å². The summed E-state index contributed by atoms with van der Waals surface area (Å²) in [5, 5.41) is 0.695. The molecule has 0 saturated heterocycles. The molecule has 0 atom stereocenters. The largest absolute Gasteiger partial charge is 0.490 e. The fourth-order valence-corrected chi connectivity index (χ4v) is 4.01. The zero-order valence-corrected chi connectivity index (χ0v) is 16.4. The van der Waals surface area contributed by atoms with Crippen molar-refractivity contribution >= 4 is 11.8 Å². The summed E-state index contributed by atoms with van der Waals surface area (Å²) in [4.78, 5) is 0. The van der Waals surface area contributed by atoms with Gasteiger partial charge in [-0.05, 0) is 72.6 Å². The third kappa shape index (κ3) is 6.11. The van der Waals surface area contributed by atoms with Crippen LogP contribution in [0.1, 0.15) is 56.2 Å². The molecule has 0 spiro atoms. The van der Waals surface area contributed by atoms with E-state index in [1.807, 2.05) is 11.8 Å².